The third-order valence-electron chi connectivity index (χ3n) is 4.46. The van der Waals surface area contributed by atoms with Crippen molar-refractivity contribution in [1.29, 1.82) is 0 Å². The van der Waals surface area contributed by atoms with E-state index in [-0.39, 0.29) is 41.5 Å². The molecule has 0 saturated carbocycles. The summed E-state index contributed by atoms with van der Waals surface area (Å²) in [6.45, 7) is 4.90. The summed E-state index contributed by atoms with van der Waals surface area (Å²) in [4.78, 5) is 25.7. The van der Waals surface area contributed by atoms with E-state index in [1.807, 2.05) is 0 Å². The lowest BCUT2D eigenvalue weighted by Gasteiger charge is -2.24. The fourth-order valence-electron chi connectivity index (χ4n) is 2.93. The van der Waals surface area contributed by atoms with Crippen molar-refractivity contribution in [1.82, 2.24) is 10.2 Å². The van der Waals surface area contributed by atoms with E-state index in [4.69, 9.17) is 0 Å². The topological polar surface area (TPSA) is 104 Å². The molecule has 0 spiro atoms. The number of β-amino-alcohol motifs (C(OH)–C–C–N with tert-alkyl or cyclic N) is 1. The van der Waals surface area contributed by atoms with Crippen LogP contribution < -0.4 is 5.32 Å². The van der Waals surface area contributed by atoms with E-state index in [2.05, 4.69) is 5.32 Å². The van der Waals surface area contributed by atoms with Gasteiger partial charge >= 0.3 is 0 Å². The third kappa shape index (κ3) is 4.38. The molecule has 2 amide bonds. The van der Waals surface area contributed by atoms with Crippen molar-refractivity contribution in [3.63, 3.8) is 0 Å². The van der Waals surface area contributed by atoms with Crippen LogP contribution in [0.5, 0.6) is 0 Å². The van der Waals surface area contributed by atoms with Crippen molar-refractivity contribution < 1.29 is 23.1 Å². The molecule has 0 aliphatic carbocycles. The summed E-state index contributed by atoms with van der Waals surface area (Å²) in [7, 11) is -3.26. The maximum atomic E-state index is 12.4. The Kier molecular flexibility index (Phi) is 5.84. The minimum Gasteiger partial charge on any atom is -0.391 e. The number of hydrogen-bond acceptors (Lipinski definition) is 5. The zero-order chi connectivity index (χ0) is 18.8. The van der Waals surface area contributed by atoms with Gasteiger partial charge in [-0.05, 0) is 24.6 Å². The maximum absolute atomic E-state index is 12.4. The summed E-state index contributed by atoms with van der Waals surface area (Å²) in [5.74, 6) is -0.549. The van der Waals surface area contributed by atoms with E-state index in [0.29, 0.717) is 0 Å². The number of hydrogen-bond donors (Lipinski definition) is 2. The van der Waals surface area contributed by atoms with Gasteiger partial charge in [-0.25, -0.2) is 8.42 Å². The quantitative estimate of drug-likeness (QED) is 0.794. The molecule has 0 bridgehead atoms. The summed E-state index contributed by atoms with van der Waals surface area (Å²) >= 11 is 0. The number of rotatable bonds is 5. The molecule has 7 nitrogen and oxygen atoms in total. The van der Waals surface area contributed by atoms with Crippen molar-refractivity contribution in [2.75, 3.05) is 12.3 Å². The molecule has 1 aromatic carbocycles. The lowest BCUT2D eigenvalue weighted by molar-refractivity contribution is -0.137. The van der Waals surface area contributed by atoms with Crippen LogP contribution in [-0.2, 0) is 19.4 Å². The molecule has 0 aromatic heterocycles. The fraction of sp³-hybridized carbons (Fsp3) is 0.529. The number of benzene rings is 1. The zero-order valence-electron chi connectivity index (χ0n) is 14.6. The summed E-state index contributed by atoms with van der Waals surface area (Å²) < 4.78 is 23.7. The second kappa shape index (κ2) is 7.53. The first kappa shape index (κ1) is 19.4. The van der Waals surface area contributed by atoms with Crippen LogP contribution in [-0.4, -0.2) is 54.7 Å². The predicted molar refractivity (Wildman–Crippen MR) is 92.5 cm³/mol. The van der Waals surface area contributed by atoms with Crippen LogP contribution in [0.1, 0.15) is 38.8 Å². The molecule has 0 radical (unpaired) electrons. The van der Waals surface area contributed by atoms with Crippen molar-refractivity contribution in [2.45, 2.75) is 50.3 Å². The number of carbonyl (C=O) groups is 2. The zero-order valence-corrected chi connectivity index (χ0v) is 15.4. The number of amides is 2. The molecule has 1 aliphatic heterocycles. The third-order valence-corrected chi connectivity index (χ3v) is 6.21. The standard InChI is InChI=1S/C17H24N2O5S/c1-4-25(23,24)15-7-5-13(6-8-15)11(2)18-17(22)16-9-14(21)10-19(16)12(3)20/h5-8,11,14,16,21H,4,9-10H2,1-3H3,(H,18,22)/t11?,14-,16+/m0/s1. The highest BCUT2D eigenvalue weighted by Gasteiger charge is 2.37. The number of likely N-dealkylation sites (tertiary alicyclic amines) is 1. The van der Waals surface area contributed by atoms with Crippen LogP contribution in [0.25, 0.3) is 0 Å². The SMILES string of the molecule is CCS(=O)(=O)c1ccc(C(C)NC(=O)[C@H]2C[C@H](O)CN2C(C)=O)cc1. The normalized spacial score (nSPS) is 21.8. The molecule has 1 aliphatic rings. The van der Waals surface area contributed by atoms with Crippen molar-refractivity contribution in [2.24, 2.45) is 0 Å². The minimum atomic E-state index is -3.26. The Morgan fingerprint density at radius 2 is 1.92 bits per heavy atom. The smallest absolute Gasteiger partial charge is 0.243 e. The van der Waals surface area contributed by atoms with Gasteiger partial charge in [-0.15, -0.1) is 0 Å². The van der Waals surface area contributed by atoms with E-state index in [0.717, 1.165) is 5.56 Å². The Labute approximate surface area is 147 Å². The largest absolute Gasteiger partial charge is 0.391 e. The van der Waals surface area contributed by atoms with Crippen LogP contribution >= 0.6 is 0 Å². The lowest BCUT2D eigenvalue weighted by Crippen LogP contribution is -2.45. The highest BCUT2D eigenvalue weighted by molar-refractivity contribution is 7.91. The second-order valence-corrected chi connectivity index (χ2v) is 8.56. The molecule has 138 valence electrons. The molecule has 1 saturated heterocycles. The van der Waals surface area contributed by atoms with Gasteiger partial charge in [0.1, 0.15) is 6.04 Å². The van der Waals surface area contributed by atoms with Gasteiger partial charge in [-0.3, -0.25) is 9.59 Å². The van der Waals surface area contributed by atoms with E-state index in [1.54, 1.807) is 26.0 Å². The van der Waals surface area contributed by atoms with Crippen molar-refractivity contribution in [3.05, 3.63) is 29.8 Å². The lowest BCUT2D eigenvalue weighted by atomic mass is 10.1. The number of carbonyl (C=O) groups excluding carboxylic acids is 2. The highest BCUT2D eigenvalue weighted by atomic mass is 32.2. The molecule has 2 N–H and O–H groups in total. The Morgan fingerprint density at radius 1 is 1.32 bits per heavy atom. The molecular weight excluding hydrogens is 344 g/mol. The summed E-state index contributed by atoms with van der Waals surface area (Å²) in [5.41, 5.74) is 0.760. The van der Waals surface area contributed by atoms with Gasteiger partial charge in [0, 0.05) is 19.9 Å². The Hall–Kier alpha value is -1.93. The molecule has 1 heterocycles. The number of aliphatic hydroxyl groups is 1. The summed E-state index contributed by atoms with van der Waals surface area (Å²) in [6.07, 6.45) is -0.486. The van der Waals surface area contributed by atoms with Crippen LogP contribution in [0.4, 0.5) is 0 Å². The molecule has 8 heteroatoms. The predicted octanol–water partition coefficient (Wildman–Crippen LogP) is 0.639. The van der Waals surface area contributed by atoms with E-state index >= 15 is 0 Å². The molecule has 2 rings (SSSR count). The molecular formula is C17H24N2O5S. The summed E-state index contributed by atoms with van der Waals surface area (Å²) in [5, 5.41) is 12.5. The number of nitrogens with one attached hydrogen (secondary N) is 1. The Bertz CT molecular complexity index is 745. The van der Waals surface area contributed by atoms with Gasteiger partial charge < -0.3 is 15.3 Å². The fourth-order valence-corrected chi connectivity index (χ4v) is 3.82. The monoisotopic (exact) mass is 368 g/mol. The van der Waals surface area contributed by atoms with Gasteiger partial charge in [-0.1, -0.05) is 19.1 Å². The van der Waals surface area contributed by atoms with Crippen LogP contribution in [0, 0.1) is 0 Å². The molecule has 1 unspecified atom stereocenters. The minimum absolute atomic E-state index is 0.0313. The number of aliphatic hydroxyl groups excluding tert-OH is 1. The van der Waals surface area contributed by atoms with Crippen LogP contribution in [0.3, 0.4) is 0 Å². The first-order valence-electron chi connectivity index (χ1n) is 8.24. The van der Waals surface area contributed by atoms with Gasteiger partial charge in [0.2, 0.25) is 11.8 Å². The number of sulfone groups is 1. The number of nitrogens with zero attached hydrogens (tertiary/aromatic N) is 1. The highest BCUT2D eigenvalue weighted by Crippen LogP contribution is 2.21. The average Bonchev–Trinajstić information content (AvgIpc) is 2.97. The molecule has 1 fully saturated rings. The van der Waals surface area contributed by atoms with Crippen molar-refractivity contribution in [3.8, 4) is 0 Å². The van der Waals surface area contributed by atoms with Gasteiger partial charge in [-0.2, -0.15) is 0 Å². The van der Waals surface area contributed by atoms with Gasteiger partial charge in [0.05, 0.1) is 22.8 Å². The van der Waals surface area contributed by atoms with Gasteiger partial charge in [0.25, 0.3) is 0 Å². The molecule has 25 heavy (non-hydrogen) atoms. The second-order valence-electron chi connectivity index (χ2n) is 6.28. The van der Waals surface area contributed by atoms with E-state index < -0.39 is 22.0 Å². The molecule has 1 aromatic rings. The van der Waals surface area contributed by atoms with Crippen molar-refractivity contribution >= 4 is 21.7 Å². The maximum Gasteiger partial charge on any atom is 0.243 e. The first-order valence-corrected chi connectivity index (χ1v) is 9.89. The van der Waals surface area contributed by atoms with Gasteiger partial charge in [0.15, 0.2) is 9.84 Å². The average molecular weight is 368 g/mol. The summed E-state index contributed by atoms with van der Waals surface area (Å²) in [6, 6.07) is 5.35. The Morgan fingerprint density at radius 3 is 2.44 bits per heavy atom. The van der Waals surface area contributed by atoms with Crippen LogP contribution in [0.15, 0.2) is 29.2 Å². The van der Waals surface area contributed by atoms with Crippen LogP contribution in [0.2, 0.25) is 0 Å². The Balaban J connectivity index is 2.07. The van der Waals surface area contributed by atoms with E-state index in [1.165, 1.54) is 24.0 Å². The van der Waals surface area contributed by atoms with E-state index in [9.17, 15) is 23.1 Å². The first-order chi connectivity index (χ1) is 11.7. The molecule has 3 atom stereocenters.